The van der Waals surface area contributed by atoms with Crippen molar-refractivity contribution < 1.29 is 4.79 Å². The minimum absolute atomic E-state index is 0.00172. The zero-order valence-electron chi connectivity index (χ0n) is 12.9. The van der Waals surface area contributed by atoms with E-state index in [1.54, 1.807) is 0 Å². The summed E-state index contributed by atoms with van der Waals surface area (Å²) >= 11 is 7.71. The van der Waals surface area contributed by atoms with Crippen LogP contribution in [0.4, 0.5) is 0 Å². The van der Waals surface area contributed by atoms with Crippen LogP contribution in [-0.4, -0.2) is 19.0 Å². The van der Waals surface area contributed by atoms with Gasteiger partial charge in [-0.05, 0) is 37.1 Å². The summed E-state index contributed by atoms with van der Waals surface area (Å²) in [6.07, 6.45) is 1.80. The maximum atomic E-state index is 12.6. The molecule has 0 aliphatic carbocycles. The van der Waals surface area contributed by atoms with E-state index in [0.717, 1.165) is 23.3 Å². The summed E-state index contributed by atoms with van der Waals surface area (Å²) in [4.78, 5) is 13.5. The van der Waals surface area contributed by atoms with Gasteiger partial charge in [0.15, 0.2) is 0 Å². The lowest BCUT2D eigenvalue weighted by Gasteiger charge is -2.17. The van der Waals surface area contributed by atoms with E-state index in [1.807, 2.05) is 54.6 Å². The second-order valence-electron chi connectivity index (χ2n) is 5.13. The number of hydrogen-bond acceptors (Lipinski definition) is 3. The molecule has 0 aromatic heterocycles. The van der Waals surface area contributed by atoms with Gasteiger partial charge < -0.3 is 11.1 Å². The van der Waals surface area contributed by atoms with Crippen LogP contribution in [0.5, 0.6) is 0 Å². The average molecular weight is 349 g/mol. The average Bonchev–Trinajstić information content (AvgIpc) is 2.58. The number of nitrogens with two attached hydrogens (primary N) is 1. The number of carbonyl (C=O) groups excluding carboxylic acids is 1. The molecule has 0 heterocycles. The summed E-state index contributed by atoms with van der Waals surface area (Å²) in [6, 6.07) is 17.3. The van der Waals surface area contributed by atoms with Crippen LogP contribution in [-0.2, 0) is 4.79 Å². The highest BCUT2D eigenvalue weighted by Gasteiger charge is 2.22. The van der Waals surface area contributed by atoms with Gasteiger partial charge in [0.25, 0.3) is 0 Å². The fourth-order valence-electron chi connectivity index (χ4n) is 2.14. The fourth-order valence-corrected chi connectivity index (χ4v) is 3.49. The first-order valence-corrected chi connectivity index (χ1v) is 8.92. The van der Waals surface area contributed by atoms with Gasteiger partial charge in [-0.1, -0.05) is 54.1 Å². The Morgan fingerprint density at radius 1 is 1.09 bits per heavy atom. The van der Waals surface area contributed by atoms with Crippen LogP contribution >= 0.6 is 23.4 Å². The van der Waals surface area contributed by atoms with Gasteiger partial charge in [0.05, 0.1) is 5.02 Å². The molecular weight excluding hydrogens is 328 g/mol. The van der Waals surface area contributed by atoms with E-state index in [0.29, 0.717) is 18.1 Å². The standard InChI is InChI=1S/C18H21ClN2OS/c19-15-10-4-5-11-16(15)23-17(14-8-2-1-3-9-14)18(22)21-13-7-6-12-20/h1-5,8-11,17H,6-7,12-13,20H2,(H,21,22). The molecule has 122 valence electrons. The number of nitrogens with one attached hydrogen (secondary N) is 1. The third kappa shape index (κ3) is 5.57. The predicted molar refractivity (Wildman–Crippen MR) is 97.8 cm³/mol. The molecule has 0 aliphatic heterocycles. The number of carbonyl (C=O) groups is 1. The highest BCUT2D eigenvalue weighted by Crippen LogP contribution is 2.38. The first-order chi connectivity index (χ1) is 11.2. The highest BCUT2D eigenvalue weighted by molar-refractivity contribution is 8.00. The fraction of sp³-hybridized carbons (Fsp3) is 0.278. The maximum Gasteiger partial charge on any atom is 0.237 e. The van der Waals surface area contributed by atoms with Crippen LogP contribution < -0.4 is 11.1 Å². The summed E-state index contributed by atoms with van der Waals surface area (Å²) in [6.45, 7) is 1.29. The van der Waals surface area contributed by atoms with Crippen molar-refractivity contribution in [1.82, 2.24) is 5.32 Å². The molecule has 2 aromatic rings. The maximum absolute atomic E-state index is 12.6. The van der Waals surface area contributed by atoms with Gasteiger partial charge in [0.1, 0.15) is 5.25 Å². The normalized spacial score (nSPS) is 11.9. The summed E-state index contributed by atoms with van der Waals surface area (Å²) in [5, 5.41) is 3.33. The number of thioether (sulfide) groups is 1. The molecule has 0 saturated carbocycles. The second kappa shape index (κ2) is 9.60. The molecule has 2 rings (SSSR count). The molecular formula is C18H21ClN2OS. The zero-order chi connectivity index (χ0) is 16.5. The third-order valence-electron chi connectivity index (χ3n) is 3.35. The number of benzene rings is 2. The number of halogens is 1. The van der Waals surface area contributed by atoms with Crippen molar-refractivity contribution in [2.45, 2.75) is 23.0 Å². The van der Waals surface area contributed by atoms with Gasteiger partial charge >= 0.3 is 0 Å². The summed E-state index contributed by atoms with van der Waals surface area (Å²) in [7, 11) is 0. The van der Waals surface area contributed by atoms with E-state index in [-0.39, 0.29) is 11.2 Å². The van der Waals surface area contributed by atoms with E-state index in [4.69, 9.17) is 17.3 Å². The number of amides is 1. The van der Waals surface area contributed by atoms with Crippen molar-refractivity contribution in [2.75, 3.05) is 13.1 Å². The Hall–Kier alpha value is -1.49. The largest absolute Gasteiger partial charge is 0.355 e. The zero-order valence-corrected chi connectivity index (χ0v) is 14.4. The molecule has 1 unspecified atom stereocenters. The summed E-state index contributed by atoms with van der Waals surface area (Å²) in [5.41, 5.74) is 6.45. The van der Waals surface area contributed by atoms with Crippen molar-refractivity contribution in [2.24, 2.45) is 5.73 Å². The quantitative estimate of drug-likeness (QED) is 0.559. The Kier molecular flexibility index (Phi) is 7.46. The van der Waals surface area contributed by atoms with E-state index >= 15 is 0 Å². The summed E-state index contributed by atoms with van der Waals surface area (Å²) < 4.78 is 0. The van der Waals surface area contributed by atoms with E-state index in [1.165, 1.54) is 11.8 Å². The lowest BCUT2D eigenvalue weighted by Crippen LogP contribution is -2.29. The topological polar surface area (TPSA) is 55.1 Å². The molecule has 3 N–H and O–H groups in total. The molecule has 1 amide bonds. The van der Waals surface area contributed by atoms with Gasteiger partial charge in [-0.15, -0.1) is 11.8 Å². The summed E-state index contributed by atoms with van der Waals surface area (Å²) in [5.74, 6) is -0.00172. The third-order valence-corrected chi connectivity index (χ3v) is 5.13. The SMILES string of the molecule is NCCCCNC(=O)C(Sc1ccccc1Cl)c1ccccc1. The van der Waals surface area contributed by atoms with Crippen LogP contribution in [0, 0.1) is 0 Å². The molecule has 5 heteroatoms. The van der Waals surface area contributed by atoms with Crippen LogP contribution in [0.1, 0.15) is 23.7 Å². The van der Waals surface area contributed by atoms with Crippen LogP contribution in [0.15, 0.2) is 59.5 Å². The first-order valence-electron chi connectivity index (χ1n) is 7.66. The minimum Gasteiger partial charge on any atom is -0.355 e. The Balaban J connectivity index is 2.12. The van der Waals surface area contributed by atoms with Crippen molar-refractivity contribution in [3.63, 3.8) is 0 Å². The van der Waals surface area contributed by atoms with Gasteiger partial charge in [0, 0.05) is 11.4 Å². The second-order valence-corrected chi connectivity index (χ2v) is 6.68. The molecule has 1 atom stereocenters. The minimum atomic E-state index is -0.325. The lowest BCUT2D eigenvalue weighted by molar-refractivity contribution is -0.120. The van der Waals surface area contributed by atoms with E-state index < -0.39 is 0 Å². The van der Waals surface area contributed by atoms with Gasteiger partial charge in [0.2, 0.25) is 5.91 Å². The Bertz CT molecular complexity index is 621. The number of hydrogen-bond donors (Lipinski definition) is 2. The van der Waals surface area contributed by atoms with Gasteiger partial charge in [-0.2, -0.15) is 0 Å². The van der Waals surface area contributed by atoms with Crippen LogP contribution in [0.3, 0.4) is 0 Å². The smallest absolute Gasteiger partial charge is 0.237 e. The lowest BCUT2D eigenvalue weighted by atomic mass is 10.1. The Morgan fingerprint density at radius 3 is 2.48 bits per heavy atom. The molecule has 0 radical (unpaired) electrons. The molecule has 0 spiro atoms. The van der Waals surface area contributed by atoms with Gasteiger partial charge in [-0.25, -0.2) is 0 Å². The molecule has 2 aromatic carbocycles. The Morgan fingerprint density at radius 2 is 1.78 bits per heavy atom. The molecule has 0 saturated heterocycles. The first kappa shape index (κ1) is 17.9. The van der Waals surface area contributed by atoms with Crippen LogP contribution in [0.25, 0.3) is 0 Å². The van der Waals surface area contributed by atoms with Crippen molar-refractivity contribution in [3.8, 4) is 0 Å². The van der Waals surface area contributed by atoms with E-state index in [2.05, 4.69) is 5.32 Å². The molecule has 3 nitrogen and oxygen atoms in total. The molecule has 0 aliphatic rings. The highest BCUT2D eigenvalue weighted by atomic mass is 35.5. The molecule has 0 fully saturated rings. The van der Waals surface area contributed by atoms with E-state index in [9.17, 15) is 4.79 Å². The number of rotatable bonds is 8. The van der Waals surface area contributed by atoms with Crippen LogP contribution in [0.2, 0.25) is 5.02 Å². The number of unbranched alkanes of at least 4 members (excludes halogenated alkanes) is 1. The van der Waals surface area contributed by atoms with Gasteiger partial charge in [-0.3, -0.25) is 4.79 Å². The van der Waals surface area contributed by atoms with Crippen molar-refractivity contribution >= 4 is 29.3 Å². The van der Waals surface area contributed by atoms with Crippen molar-refractivity contribution in [3.05, 3.63) is 65.2 Å². The van der Waals surface area contributed by atoms with Crippen molar-refractivity contribution in [1.29, 1.82) is 0 Å². The Labute approximate surface area is 146 Å². The predicted octanol–water partition coefficient (Wildman–Crippen LogP) is 4.03. The molecule has 0 bridgehead atoms. The molecule has 23 heavy (non-hydrogen) atoms. The monoisotopic (exact) mass is 348 g/mol.